The van der Waals surface area contributed by atoms with Gasteiger partial charge in [0.05, 0.1) is 0 Å². The van der Waals surface area contributed by atoms with Crippen molar-refractivity contribution in [2.75, 3.05) is 47.4 Å². The summed E-state index contributed by atoms with van der Waals surface area (Å²) in [5.74, 6) is 0.300. The van der Waals surface area contributed by atoms with Crippen LogP contribution in [-0.2, 0) is 9.59 Å². The summed E-state index contributed by atoms with van der Waals surface area (Å²) in [6.07, 6.45) is 3.24. The summed E-state index contributed by atoms with van der Waals surface area (Å²) >= 11 is 1.43. The van der Waals surface area contributed by atoms with Gasteiger partial charge in [-0.2, -0.15) is 0 Å². The van der Waals surface area contributed by atoms with Crippen LogP contribution in [0.25, 0.3) is 0 Å². The standard InChI is InChI=1S/C23H30N6O2S/c1-16-6-3-7-18(14-16)27-13-12-26(15-17(27)2)21(31)19-8-4-10-28(19)22-24-25-23(32-22)29-11-5-9-20(29)30/h3,6-7,14,17,19H,4-5,8-13,15H2,1-2H3. The van der Waals surface area contributed by atoms with Gasteiger partial charge in [-0.3, -0.25) is 14.5 Å². The molecule has 3 fully saturated rings. The smallest absolute Gasteiger partial charge is 0.245 e. The summed E-state index contributed by atoms with van der Waals surface area (Å²) in [4.78, 5) is 33.8. The number of piperazine rings is 1. The van der Waals surface area contributed by atoms with E-state index in [1.807, 2.05) is 4.90 Å². The lowest BCUT2D eigenvalue weighted by molar-refractivity contribution is -0.133. The number of anilines is 3. The van der Waals surface area contributed by atoms with E-state index < -0.39 is 0 Å². The first-order chi connectivity index (χ1) is 15.5. The van der Waals surface area contributed by atoms with E-state index in [0.717, 1.165) is 50.6 Å². The molecule has 0 aliphatic carbocycles. The van der Waals surface area contributed by atoms with Gasteiger partial charge in [-0.1, -0.05) is 23.5 Å². The van der Waals surface area contributed by atoms with Crippen LogP contribution in [-0.4, -0.2) is 71.7 Å². The second-order valence-electron chi connectivity index (χ2n) is 9.03. The first-order valence-corrected chi connectivity index (χ1v) is 12.4. The maximum atomic E-state index is 13.5. The number of rotatable bonds is 4. The van der Waals surface area contributed by atoms with E-state index in [4.69, 9.17) is 0 Å². The molecule has 2 unspecified atom stereocenters. The zero-order valence-electron chi connectivity index (χ0n) is 18.7. The zero-order chi connectivity index (χ0) is 22.2. The number of nitrogens with zero attached hydrogens (tertiary/aromatic N) is 6. The van der Waals surface area contributed by atoms with Gasteiger partial charge in [-0.25, -0.2) is 0 Å². The number of hydrogen-bond donors (Lipinski definition) is 0. The molecule has 0 saturated carbocycles. The SMILES string of the molecule is Cc1cccc(N2CCN(C(=O)C3CCCN3c3nnc(N4CCCC4=O)s3)CC2C)c1. The number of aryl methyl sites for hydroxylation is 1. The summed E-state index contributed by atoms with van der Waals surface area (Å²) in [5.41, 5.74) is 2.48. The lowest BCUT2D eigenvalue weighted by atomic mass is 10.1. The van der Waals surface area contributed by atoms with Crippen LogP contribution in [0.2, 0.25) is 0 Å². The maximum Gasteiger partial charge on any atom is 0.245 e. The largest absolute Gasteiger partial charge is 0.365 e. The van der Waals surface area contributed by atoms with Crippen LogP contribution in [0.3, 0.4) is 0 Å². The summed E-state index contributed by atoms with van der Waals surface area (Å²) in [6, 6.07) is 8.64. The van der Waals surface area contributed by atoms with Gasteiger partial charge in [-0.05, 0) is 50.8 Å². The molecule has 2 atom stereocenters. The predicted octanol–water partition coefficient (Wildman–Crippen LogP) is 2.68. The molecule has 170 valence electrons. The third-order valence-electron chi connectivity index (χ3n) is 6.76. The van der Waals surface area contributed by atoms with Crippen molar-refractivity contribution in [2.24, 2.45) is 0 Å². The molecule has 0 radical (unpaired) electrons. The molecule has 0 bridgehead atoms. The lowest BCUT2D eigenvalue weighted by Crippen LogP contribution is -2.57. The number of aromatic nitrogens is 2. The first-order valence-electron chi connectivity index (χ1n) is 11.5. The molecular weight excluding hydrogens is 424 g/mol. The van der Waals surface area contributed by atoms with E-state index in [1.165, 1.54) is 22.6 Å². The molecule has 1 aromatic heterocycles. The molecule has 3 aliphatic rings. The third kappa shape index (κ3) is 3.94. The number of carbonyl (C=O) groups excluding carboxylic acids is 2. The quantitative estimate of drug-likeness (QED) is 0.707. The van der Waals surface area contributed by atoms with Gasteiger partial charge in [0, 0.05) is 50.9 Å². The Balaban J connectivity index is 1.26. The molecule has 4 heterocycles. The first kappa shape index (κ1) is 21.2. The highest BCUT2D eigenvalue weighted by Crippen LogP contribution is 2.34. The van der Waals surface area contributed by atoms with E-state index in [0.29, 0.717) is 18.1 Å². The summed E-state index contributed by atoms with van der Waals surface area (Å²) in [6.45, 7) is 8.10. The minimum Gasteiger partial charge on any atom is -0.365 e. The molecule has 3 aliphatic heterocycles. The van der Waals surface area contributed by atoms with Crippen LogP contribution in [0, 0.1) is 6.92 Å². The van der Waals surface area contributed by atoms with Gasteiger partial charge in [-0.15, -0.1) is 10.2 Å². The average Bonchev–Trinajstić information content (AvgIpc) is 3.53. The Morgan fingerprint density at radius 1 is 1.06 bits per heavy atom. The molecule has 8 nitrogen and oxygen atoms in total. The summed E-state index contributed by atoms with van der Waals surface area (Å²) < 4.78 is 0. The highest BCUT2D eigenvalue weighted by atomic mass is 32.1. The van der Waals surface area contributed by atoms with Gasteiger partial charge in [0.1, 0.15) is 6.04 Å². The van der Waals surface area contributed by atoms with Crippen LogP contribution in [0.5, 0.6) is 0 Å². The molecule has 1 aromatic carbocycles. The Morgan fingerprint density at radius 2 is 1.91 bits per heavy atom. The van der Waals surface area contributed by atoms with Crippen molar-refractivity contribution in [2.45, 2.75) is 51.6 Å². The van der Waals surface area contributed by atoms with Gasteiger partial charge in [0.25, 0.3) is 0 Å². The number of hydrogen-bond acceptors (Lipinski definition) is 7. The Labute approximate surface area is 192 Å². The molecule has 3 saturated heterocycles. The summed E-state index contributed by atoms with van der Waals surface area (Å²) in [7, 11) is 0. The van der Waals surface area contributed by atoms with E-state index in [9.17, 15) is 9.59 Å². The Hall–Kier alpha value is -2.68. The monoisotopic (exact) mass is 454 g/mol. The fourth-order valence-electron chi connectivity index (χ4n) is 5.09. The minimum absolute atomic E-state index is 0.113. The molecule has 2 amide bonds. The van der Waals surface area contributed by atoms with Crippen LogP contribution >= 0.6 is 11.3 Å². The number of benzene rings is 1. The van der Waals surface area contributed by atoms with Crippen molar-refractivity contribution in [3.63, 3.8) is 0 Å². The molecular formula is C23H30N6O2S. The molecule has 32 heavy (non-hydrogen) atoms. The van der Waals surface area contributed by atoms with Crippen molar-refractivity contribution >= 4 is 39.1 Å². The van der Waals surface area contributed by atoms with E-state index in [1.54, 1.807) is 4.90 Å². The van der Waals surface area contributed by atoms with Crippen molar-refractivity contribution < 1.29 is 9.59 Å². The molecule has 0 N–H and O–H groups in total. The van der Waals surface area contributed by atoms with Crippen molar-refractivity contribution in [1.82, 2.24) is 15.1 Å². The fraction of sp³-hybridized carbons (Fsp3) is 0.565. The zero-order valence-corrected chi connectivity index (χ0v) is 19.6. The molecule has 5 rings (SSSR count). The van der Waals surface area contributed by atoms with Crippen molar-refractivity contribution in [3.8, 4) is 0 Å². The van der Waals surface area contributed by atoms with Gasteiger partial charge in [0.2, 0.25) is 22.1 Å². The number of carbonyl (C=O) groups is 2. The molecule has 2 aromatic rings. The average molecular weight is 455 g/mol. The lowest BCUT2D eigenvalue weighted by Gasteiger charge is -2.42. The maximum absolute atomic E-state index is 13.5. The Morgan fingerprint density at radius 3 is 2.66 bits per heavy atom. The Bertz CT molecular complexity index is 1010. The van der Waals surface area contributed by atoms with Crippen LogP contribution in [0.1, 0.15) is 38.2 Å². The normalized spacial score (nSPS) is 24.0. The van der Waals surface area contributed by atoms with E-state index >= 15 is 0 Å². The Kier molecular flexibility index (Phi) is 5.75. The predicted molar refractivity (Wildman–Crippen MR) is 126 cm³/mol. The minimum atomic E-state index is -0.192. The van der Waals surface area contributed by atoms with Crippen LogP contribution < -0.4 is 14.7 Å². The van der Waals surface area contributed by atoms with Crippen LogP contribution in [0.4, 0.5) is 16.0 Å². The third-order valence-corrected chi connectivity index (χ3v) is 7.75. The van der Waals surface area contributed by atoms with Crippen molar-refractivity contribution in [1.29, 1.82) is 0 Å². The second kappa shape index (κ2) is 8.69. The van der Waals surface area contributed by atoms with Gasteiger partial charge >= 0.3 is 0 Å². The van der Waals surface area contributed by atoms with E-state index in [-0.39, 0.29) is 23.9 Å². The molecule has 0 spiro atoms. The fourth-order valence-corrected chi connectivity index (χ4v) is 6.06. The summed E-state index contributed by atoms with van der Waals surface area (Å²) in [5, 5.41) is 10.0. The molecule has 9 heteroatoms. The van der Waals surface area contributed by atoms with Crippen molar-refractivity contribution in [3.05, 3.63) is 29.8 Å². The second-order valence-corrected chi connectivity index (χ2v) is 9.97. The van der Waals surface area contributed by atoms with Gasteiger partial charge < -0.3 is 14.7 Å². The van der Waals surface area contributed by atoms with E-state index in [2.05, 4.69) is 58.1 Å². The topological polar surface area (TPSA) is 72.9 Å². The number of amides is 2. The highest BCUT2D eigenvalue weighted by Gasteiger charge is 2.38. The van der Waals surface area contributed by atoms with Gasteiger partial charge in [0.15, 0.2) is 0 Å². The highest BCUT2D eigenvalue weighted by molar-refractivity contribution is 7.19. The van der Waals surface area contributed by atoms with Crippen LogP contribution in [0.15, 0.2) is 24.3 Å².